The maximum Gasteiger partial charge on any atom is 0.255 e. The van der Waals surface area contributed by atoms with E-state index in [-0.39, 0.29) is 10.8 Å². The maximum atomic E-state index is 12.9. The quantitative estimate of drug-likeness (QED) is 0.543. The zero-order chi connectivity index (χ0) is 20.8. The molecule has 6 nitrogen and oxygen atoms in total. The fourth-order valence-electron chi connectivity index (χ4n) is 3.22. The van der Waals surface area contributed by atoms with Crippen LogP contribution in [0.2, 0.25) is 0 Å². The molecule has 29 heavy (non-hydrogen) atoms. The highest BCUT2D eigenvalue weighted by atomic mass is 32.2. The Morgan fingerprint density at radius 1 is 0.931 bits per heavy atom. The van der Waals surface area contributed by atoms with Crippen LogP contribution in [0.1, 0.15) is 15.9 Å². The smallest absolute Gasteiger partial charge is 0.255 e. The molecule has 4 rings (SSSR count). The van der Waals surface area contributed by atoms with Gasteiger partial charge in [-0.15, -0.1) is 0 Å². The van der Waals surface area contributed by atoms with Crippen molar-refractivity contribution in [3.05, 3.63) is 71.8 Å². The molecule has 0 saturated heterocycles. The lowest BCUT2D eigenvalue weighted by Crippen LogP contribution is -2.23. The summed E-state index contributed by atoms with van der Waals surface area (Å²) < 4.78 is 31.7. The van der Waals surface area contributed by atoms with E-state index < -0.39 is 10.0 Å². The van der Waals surface area contributed by atoms with Gasteiger partial charge in [-0.1, -0.05) is 24.3 Å². The molecule has 0 spiro atoms. The predicted octanol–water partition coefficient (Wildman–Crippen LogP) is 4.40. The van der Waals surface area contributed by atoms with Crippen molar-refractivity contribution in [2.45, 2.75) is 11.8 Å². The van der Waals surface area contributed by atoms with Crippen LogP contribution >= 0.6 is 0 Å². The molecule has 1 N–H and O–H groups in total. The summed E-state index contributed by atoms with van der Waals surface area (Å²) in [6, 6.07) is 17.7. The van der Waals surface area contributed by atoms with Crippen molar-refractivity contribution < 1.29 is 17.6 Å². The first-order valence-electron chi connectivity index (χ1n) is 9.03. The minimum Gasteiger partial charge on any atom is -0.456 e. The number of benzene rings is 3. The molecule has 0 unspecified atom stereocenters. The van der Waals surface area contributed by atoms with Crippen LogP contribution in [0.15, 0.2) is 70.0 Å². The van der Waals surface area contributed by atoms with Gasteiger partial charge in [0, 0.05) is 36.1 Å². The molecule has 1 aromatic heterocycles. The second-order valence-electron chi connectivity index (χ2n) is 7.03. The maximum absolute atomic E-state index is 12.9. The molecule has 0 aliphatic carbocycles. The lowest BCUT2D eigenvalue weighted by atomic mass is 10.1. The van der Waals surface area contributed by atoms with E-state index in [1.807, 2.05) is 36.4 Å². The van der Waals surface area contributed by atoms with Crippen LogP contribution in [0, 0.1) is 6.92 Å². The second kappa shape index (κ2) is 7.02. The van der Waals surface area contributed by atoms with Gasteiger partial charge in [-0.3, -0.25) is 4.79 Å². The summed E-state index contributed by atoms with van der Waals surface area (Å²) in [5.41, 5.74) is 3.12. The van der Waals surface area contributed by atoms with Crippen molar-refractivity contribution in [2.75, 3.05) is 19.4 Å². The molecule has 0 atom stereocenters. The summed E-state index contributed by atoms with van der Waals surface area (Å²) in [7, 11) is -0.712. The topological polar surface area (TPSA) is 79.6 Å². The number of nitrogens with zero attached hydrogens (tertiary/aromatic N) is 1. The molecular weight excluding hydrogens is 388 g/mol. The van der Waals surface area contributed by atoms with E-state index in [4.69, 9.17) is 4.42 Å². The number of para-hydroxylation sites is 1. The van der Waals surface area contributed by atoms with E-state index >= 15 is 0 Å². The number of carbonyl (C=O) groups is 1. The Bertz CT molecular complexity index is 1350. The number of furan rings is 1. The first-order valence-corrected chi connectivity index (χ1v) is 10.5. The number of anilines is 1. The molecule has 1 amide bonds. The van der Waals surface area contributed by atoms with Crippen molar-refractivity contribution in [2.24, 2.45) is 0 Å². The Labute approximate surface area is 168 Å². The summed E-state index contributed by atoms with van der Waals surface area (Å²) in [6.45, 7) is 1.77. The first-order chi connectivity index (χ1) is 13.8. The first kappa shape index (κ1) is 19.2. The van der Waals surface area contributed by atoms with Crippen LogP contribution in [0.3, 0.4) is 0 Å². The van der Waals surface area contributed by atoms with E-state index in [2.05, 4.69) is 5.32 Å². The Hall–Kier alpha value is -3.16. The van der Waals surface area contributed by atoms with E-state index in [9.17, 15) is 13.2 Å². The minimum atomic E-state index is -3.63. The Morgan fingerprint density at radius 3 is 2.41 bits per heavy atom. The number of sulfonamides is 1. The van der Waals surface area contributed by atoms with Crippen molar-refractivity contribution in [3.8, 4) is 0 Å². The van der Waals surface area contributed by atoms with Gasteiger partial charge in [-0.05, 0) is 48.9 Å². The second-order valence-corrected chi connectivity index (χ2v) is 9.18. The fourth-order valence-corrected chi connectivity index (χ4v) is 4.15. The van der Waals surface area contributed by atoms with Gasteiger partial charge in [0.25, 0.3) is 5.91 Å². The normalized spacial score (nSPS) is 12.0. The molecule has 0 aliphatic heterocycles. The highest BCUT2D eigenvalue weighted by Gasteiger charge is 2.20. The van der Waals surface area contributed by atoms with Gasteiger partial charge >= 0.3 is 0 Å². The van der Waals surface area contributed by atoms with Crippen molar-refractivity contribution in [3.63, 3.8) is 0 Å². The number of hydrogen-bond donors (Lipinski definition) is 1. The number of hydrogen-bond acceptors (Lipinski definition) is 4. The standard InChI is InChI=1S/C22H20N2O4S/c1-14-8-10-16(29(26,27)24(2)3)13-18(14)22(25)23-15-9-11-21-19(12-15)17-6-4-5-7-20(17)28-21/h4-13H,1-3H3,(H,23,25). The molecule has 0 saturated carbocycles. The number of amides is 1. The molecule has 3 aromatic carbocycles. The van der Waals surface area contributed by atoms with Gasteiger partial charge in [0.2, 0.25) is 10.0 Å². The third-order valence-corrected chi connectivity index (χ3v) is 6.68. The van der Waals surface area contributed by atoms with Gasteiger partial charge in [-0.25, -0.2) is 12.7 Å². The average Bonchev–Trinajstić information content (AvgIpc) is 3.06. The molecule has 7 heteroatoms. The van der Waals surface area contributed by atoms with Gasteiger partial charge in [0.1, 0.15) is 11.2 Å². The van der Waals surface area contributed by atoms with Crippen molar-refractivity contribution in [1.29, 1.82) is 0 Å². The summed E-state index contributed by atoms with van der Waals surface area (Å²) >= 11 is 0. The fraction of sp³-hybridized carbons (Fsp3) is 0.136. The van der Waals surface area contributed by atoms with Crippen molar-refractivity contribution >= 4 is 43.6 Å². The molecule has 148 valence electrons. The van der Waals surface area contributed by atoms with Gasteiger partial charge in [0.05, 0.1) is 4.90 Å². The molecule has 0 bridgehead atoms. The van der Waals surface area contributed by atoms with Gasteiger partial charge in [-0.2, -0.15) is 0 Å². The number of fused-ring (bicyclic) bond motifs is 3. The molecule has 4 aromatic rings. The lowest BCUT2D eigenvalue weighted by Gasteiger charge is -2.14. The number of nitrogens with one attached hydrogen (secondary N) is 1. The summed E-state index contributed by atoms with van der Waals surface area (Å²) in [6.07, 6.45) is 0. The van der Waals surface area contributed by atoms with Crippen LogP contribution in [-0.4, -0.2) is 32.7 Å². The summed E-state index contributed by atoms with van der Waals surface area (Å²) in [5, 5.41) is 4.73. The van der Waals surface area contributed by atoms with Gasteiger partial charge < -0.3 is 9.73 Å². The largest absolute Gasteiger partial charge is 0.456 e. The van der Waals surface area contributed by atoms with Gasteiger partial charge in [0.15, 0.2) is 0 Å². The van der Waals surface area contributed by atoms with Crippen LogP contribution in [-0.2, 0) is 10.0 Å². The van der Waals surface area contributed by atoms with Crippen LogP contribution in [0.4, 0.5) is 5.69 Å². The van der Waals surface area contributed by atoms with Crippen LogP contribution < -0.4 is 5.32 Å². The van der Waals surface area contributed by atoms with E-state index in [0.717, 1.165) is 26.2 Å². The Balaban J connectivity index is 1.70. The lowest BCUT2D eigenvalue weighted by molar-refractivity contribution is 0.102. The third-order valence-electron chi connectivity index (χ3n) is 4.87. The zero-order valence-electron chi connectivity index (χ0n) is 16.3. The summed E-state index contributed by atoms with van der Waals surface area (Å²) in [4.78, 5) is 13.0. The van der Waals surface area contributed by atoms with E-state index in [0.29, 0.717) is 16.8 Å². The Kier molecular flexibility index (Phi) is 4.64. The highest BCUT2D eigenvalue weighted by molar-refractivity contribution is 7.89. The Morgan fingerprint density at radius 2 is 1.66 bits per heavy atom. The third kappa shape index (κ3) is 3.39. The number of carbonyl (C=O) groups excluding carboxylic acids is 1. The minimum absolute atomic E-state index is 0.0783. The SMILES string of the molecule is Cc1ccc(S(=O)(=O)N(C)C)cc1C(=O)Nc1ccc2oc3ccccc3c2c1. The zero-order valence-corrected chi connectivity index (χ0v) is 17.1. The molecule has 1 heterocycles. The van der Waals surface area contributed by atoms with E-state index in [1.54, 1.807) is 19.1 Å². The predicted molar refractivity (Wildman–Crippen MR) is 114 cm³/mol. The number of rotatable bonds is 4. The average molecular weight is 408 g/mol. The van der Waals surface area contributed by atoms with E-state index in [1.165, 1.54) is 26.2 Å². The van der Waals surface area contributed by atoms with Crippen molar-refractivity contribution in [1.82, 2.24) is 4.31 Å². The summed E-state index contributed by atoms with van der Waals surface area (Å²) in [5.74, 6) is -0.370. The molecule has 0 fully saturated rings. The number of aryl methyl sites for hydroxylation is 1. The molecular formula is C22H20N2O4S. The molecule has 0 aliphatic rings. The molecule has 0 radical (unpaired) electrons. The van der Waals surface area contributed by atoms with Crippen LogP contribution in [0.25, 0.3) is 21.9 Å². The monoisotopic (exact) mass is 408 g/mol. The highest BCUT2D eigenvalue weighted by Crippen LogP contribution is 2.30. The van der Waals surface area contributed by atoms with Crippen LogP contribution in [0.5, 0.6) is 0 Å².